The highest BCUT2D eigenvalue weighted by Gasteiger charge is 2.22. The second kappa shape index (κ2) is 4.91. The fourth-order valence-electron chi connectivity index (χ4n) is 2.65. The first kappa shape index (κ1) is 11.4. The molecule has 1 aliphatic rings. The molecule has 0 aliphatic carbocycles. The van der Waals surface area contributed by atoms with E-state index >= 15 is 0 Å². The van der Waals surface area contributed by atoms with Gasteiger partial charge in [0, 0.05) is 18.0 Å². The molecule has 0 amide bonds. The fraction of sp³-hybridized carbons (Fsp3) is 0.312. The summed E-state index contributed by atoms with van der Waals surface area (Å²) >= 11 is 0. The minimum absolute atomic E-state index is 0.153. The number of hydrogen-bond acceptors (Lipinski definition) is 2. The Bertz CT molecular complexity index is 570. The minimum atomic E-state index is 0.153. The Morgan fingerprint density at radius 2 is 1.94 bits per heavy atom. The van der Waals surface area contributed by atoms with Crippen LogP contribution in [0.15, 0.2) is 42.5 Å². The third kappa shape index (κ3) is 2.16. The molecule has 0 aromatic heterocycles. The van der Waals surface area contributed by atoms with Crippen molar-refractivity contribution < 1.29 is 4.79 Å². The van der Waals surface area contributed by atoms with Crippen LogP contribution in [-0.2, 0) is 0 Å². The Morgan fingerprint density at radius 3 is 2.72 bits per heavy atom. The van der Waals surface area contributed by atoms with E-state index in [0.29, 0.717) is 0 Å². The van der Waals surface area contributed by atoms with Gasteiger partial charge in [0.25, 0.3) is 0 Å². The highest BCUT2D eigenvalue weighted by atomic mass is 16.1. The van der Waals surface area contributed by atoms with Crippen molar-refractivity contribution in [2.75, 3.05) is 13.1 Å². The Morgan fingerprint density at radius 1 is 1.11 bits per heavy atom. The maximum atomic E-state index is 12.4. The average Bonchev–Trinajstić information content (AvgIpc) is 2.47. The molecule has 0 bridgehead atoms. The average molecular weight is 239 g/mol. The van der Waals surface area contributed by atoms with E-state index in [9.17, 15) is 4.79 Å². The maximum absolute atomic E-state index is 12.4. The van der Waals surface area contributed by atoms with Gasteiger partial charge < -0.3 is 5.32 Å². The molecule has 1 atom stereocenters. The summed E-state index contributed by atoms with van der Waals surface area (Å²) in [7, 11) is 0. The number of rotatable bonds is 2. The third-order valence-electron chi connectivity index (χ3n) is 3.70. The molecule has 2 heteroatoms. The van der Waals surface area contributed by atoms with Gasteiger partial charge in [-0.3, -0.25) is 4.79 Å². The van der Waals surface area contributed by atoms with Gasteiger partial charge >= 0.3 is 0 Å². The molecule has 1 heterocycles. The van der Waals surface area contributed by atoms with Crippen LogP contribution in [0.5, 0.6) is 0 Å². The van der Waals surface area contributed by atoms with E-state index in [2.05, 4.69) is 17.4 Å². The van der Waals surface area contributed by atoms with Crippen LogP contribution in [0, 0.1) is 5.92 Å². The number of benzene rings is 2. The number of nitrogens with one attached hydrogen (secondary N) is 1. The molecule has 2 aromatic carbocycles. The summed E-state index contributed by atoms with van der Waals surface area (Å²) < 4.78 is 0. The molecule has 0 radical (unpaired) electrons. The van der Waals surface area contributed by atoms with E-state index in [1.54, 1.807) is 0 Å². The van der Waals surface area contributed by atoms with Gasteiger partial charge in [0.05, 0.1) is 0 Å². The number of hydrogen-bond donors (Lipinski definition) is 1. The van der Waals surface area contributed by atoms with Crippen LogP contribution >= 0.6 is 0 Å². The van der Waals surface area contributed by atoms with Crippen molar-refractivity contribution in [3.8, 4) is 0 Å². The predicted octanol–water partition coefficient (Wildman–Crippen LogP) is 3.02. The van der Waals surface area contributed by atoms with E-state index in [-0.39, 0.29) is 11.7 Å². The van der Waals surface area contributed by atoms with Crippen molar-refractivity contribution >= 4 is 16.6 Å². The molecule has 0 spiro atoms. The lowest BCUT2D eigenvalue weighted by Gasteiger charge is -2.21. The van der Waals surface area contributed by atoms with Crippen LogP contribution in [0.1, 0.15) is 23.2 Å². The van der Waals surface area contributed by atoms with Crippen molar-refractivity contribution in [1.29, 1.82) is 0 Å². The Hall–Kier alpha value is -1.67. The lowest BCUT2D eigenvalue weighted by molar-refractivity contribution is 0.0900. The number of Topliss-reactive ketones (excluding diaryl/α,β-unsaturated/α-hetero) is 1. The van der Waals surface area contributed by atoms with Crippen LogP contribution in [0.3, 0.4) is 0 Å². The summed E-state index contributed by atoms with van der Waals surface area (Å²) in [5.41, 5.74) is 0.849. The van der Waals surface area contributed by atoms with Crippen LogP contribution in [0.4, 0.5) is 0 Å². The van der Waals surface area contributed by atoms with E-state index in [0.717, 1.165) is 36.9 Å². The van der Waals surface area contributed by atoms with Crippen LogP contribution < -0.4 is 5.32 Å². The molecular formula is C16H17NO. The van der Waals surface area contributed by atoms with Gasteiger partial charge in [0.15, 0.2) is 5.78 Å². The predicted molar refractivity (Wildman–Crippen MR) is 73.9 cm³/mol. The van der Waals surface area contributed by atoms with Crippen LogP contribution in [0.2, 0.25) is 0 Å². The van der Waals surface area contributed by atoms with Crippen molar-refractivity contribution in [2.45, 2.75) is 12.8 Å². The molecule has 1 unspecified atom stereocenters. The monoisotopic (exact) mass is 239 g/mol. The molecule has 1 fully saturated rings. The second-order valence-electron chi connectivity index (χ2n) is 4.97. The zero-order valence-electron chi connectivity index (χ0n) is 10.4. The molecule has 3 rings (SSSR count). The largest absolute Gasteiger partial charge is 0.316 e. The fourth-order valence-corrected chi connectivity index (χ4v) is 2.65. The van der Waals surface area contributed by atoms with Crippen LogP contribution in [-0.4, -0.2) is 18.9 Å². The van der Waals surface area contributed by atoms with Crippen molar-refractivity contribution in [1.82, 2.24) is 5.32 Å². The maximum Gasteiger partial charge on any atom is 0.167 e. The van der Waals surface area contributed by atoms with Gasteiger partial charge in [0.1, 0.15) is 0 Å². The van der Waals surface area contributed by atoms with Gasteiger partial charge in [0.2, 0.25) is 0 Å². The van der Waals surface area contributed by atoms with Gasteiger partial charge in [-0.1, -0.05) is 36.4 Å². The molecule has 2 nitrogen and oxygen atoms in total. The molecule has 1 aliphatic heterocycles. The summed E-state index contributed by atoms with van der Waals surface area (Å²) in [5, 5.41) is 5.64. The SMILES string of the molecule is O=C(c1ccc2ccccc2c1)C1CCCNC1. The molecule has 0 saturated carbocycles. The first-order chi connectivity index (χ1) is 8.84. The number of fused-ring (bicyclic) bond motifs is 1. The third-order valence-corrected chi connectivity index (χ3v) is 3.70. The molecule has 18 heavy (non-hydrogen) atoms. The lowest BCUT2D eigenvalue weighted by Crippen LogP contribution is -2.34. The topological polar surface area (TPSA) is 29.1 Å². The quantitative estimate of drug-likeness (QED) is 0.816. The Labute approximate surface area is 107 Å². The van der Waals surface area contributed by atoms with E-state index < -0.39 is 0 Å². The standard InChI is InChI=1S/C16H17NO/c18-16(15-6-3-9-17-11-15)14-8-7-12-4-1-2-5-13(12)10-14/h1-2,4-5,7-8,10,15,17H,3,6,9,11H2. The van der Waals surface area contributed by atoms with Gasteiger partial charge in [-0.2, -0.15) is 0 Å². The molecule has 1 N–H and O–H groups in total. The highest BCUT2D eigenvalue weighted by molar-refractivity contribution is 6.01. The molecule has 1 saturated heterocycles. The van der Waals surface area contributed by atoms with Crippen molar-refractivity contribution in [3.63, 3.8) is 0 Å². The van der Waals surface area contributed by atoms with Crippen LogP contribution in [0.25, 0.3) is 10.8 Å². The minimum Gasteiger partial charge on any atom is -0.316 e. The zero-order valence-corrected chi connectivity index (χ0v) is 10.4. The summed E-state index contributed by atoms with van der Waals surface area (Å²) in [6, 6.07) is 14.2. The first-order valence-electron chi connectivity index (χ1n) is 6.58. The second-order valence-corrected chi connectivity index (χ2v) is 4.97. The summed E-state index contributed by atoms with van der Waals surface area (Å²) in [6.07, 6.45) is 2.11. The van der Waals surface area contributed by atoms with Gasteiger partial charge in [-0.15, -0.1) is 0 Å². The first-order valence-corrected chi connectivity index (χ1v) is 6.58. The summed E-state index contributed by atoms with van der Waals surface area (Å²) in [5.74, 6) is 0.438. The number of ketones is 1. The van der Waals surface area contributed by atoms with E-state index in [4.69, 9.17) is 0 Å². The molecule has 2 aromatic rings. The van der Waals surface area contributed by atoms with E-state index in [1.807, 2.05) is 30.3 Å². The summed E-state index contributed by atoms with van der Waals surface area (Å²) in [4.78, 5) is 12.4. The van der Waals surface area contributed by atoms with Gasteiger partial charge in [-0.25, -0.2) is 0 Å². The lowest BCUT2D eigenvalue weighted by atomic mass is 9.90. The summed E-state index contributed by atoms with van der Waals surface area (Å²) in [6.45, 7) is 1.87. The smallest absolute Gasteiger partial charge is 0.167 e. The number of carbonyl (C=O) groups is 1. The highest BCUT2D eigenvalue weighted by Crippen LogP contribution is 2.20. The van der Waals surface area contributed by atoms with Crippen molar-refractivity contribution in [3.05, 3.63) is 48.0 Å². The molecular weight excluding hydrogens is 222 g/mol. The van der Waals surface area contributed by atoms with Crippen molar-refractivity contribution in [2.24, 2.45) is 5.92 Å². The Kier molecular flexibility index (Phi) is 3.11. The van der Waals surface area contributed by atoms with E-state index in [1.165, 1.54) is 5.39 Å². The van der Waals surface area contributed by atoms with Gasteiger partial charge in [-0.05, 0) is 36.2 Å². The molecule has 92 valence electrons. The Balaban J connectivity index is 1.91. The number of piperidine rings is 1. The number of carbonyl (C=O) groups excluding carboxylic acids is 1. The normalized spacial score (nSPS) is 19.9. The zero-order chi connectivity index (χ0) is 12.4.